The van der Waals surface area contributed by atoms with Crippen LogP contribution >= 0.6 is 11.6 Å². The van der Waals surface area contributed by atoms with Crippen molar-refractivity contribution in [2.45, 2.75) is 44.8 Å². The molecule has 3 aliphatic rings. The van der Waals surface area contributed by atoms with Crippen LogP contribution in [0.4, 0.5) is 19.0 Å². The zero-order valence-corrected chi connectivity index (χ0v) is 30.4. The summed E-state index contributed by atoms with van der Waals surface area (Å²) in [6.07, 6.45) is 5.88. The van der Waals surface area contributed by atoms with Gasteiger partial charge in [0.05, 0.1) is 21.6 Å². The first-order chi connectivity index (χ1) is 25.5. The molecule has 8 rings (SSSR count). The first kappa shape index (κ1) is 35.2. The molecule has 0 bridgehead atoms. The monoisotopic (exact) mass is 742 g/mol. The van der Waals surface area contributed by atoms with E-state index in [0.29, 0.717) is 71.7 Å². The highest BCUT2D eigenvalue weighted by atomic mass is 35.5. The molecule has 10 nitrogen and oxygen atoms in total. The summed E-state index contributed by atoms with van der Waals surface area (Å²) in [7, 11) is 1.84. The number of benzene rings is 2. The highest BCUT2D eigenvalue weighted by Crippen LogP contribution is 2.41. The van der Waals surface area contributed by atoms with E-state index >= 15 is 4.39 Å². The highest BCUT2D eigenvalue weighted by Gasteiger charge is 2.49. The summed E-state index contributed by atoms with van der Waals surface area (Å²) in [6.45, 7) is 6.58. The van der Waals surface area contributed by atoms with Gasteiger partial charge >= 0.3 is 6.01 Å². The molecule has 2 atom stereocenters. The summed E-state index contributed by atoms with van der Waals surface area (Å²) in [5, 5.41) is 1.20. The van der Waals surface area contributed by atoms with Crippen LogP contribution in [0.5, 0.6) is 6.01 Å². The Morgan fingerprint density at radius 3 is 2.75 bits per heavy atom. The number of alkyl halides is 1. The van der Waals surface area contributed by atoms with Gasteiger partial charge in [0, 0.05) is 74.5 Å². The van der Waals surface area contributed by atoms with E-state index < -0.39 is 23.3 Å². The van der Waals surface area contributed by atoms with E-state index in [1.807, 2.05) is 31.9 Å². The van der Waals surface area contributed by atoms with E-state index in [1.165, 1.54) is 18.3 Å². The van der Waals surface area contributed by atoms with E-state index in [0.717, 1.165) is 25.1 Å². The minimum atomic E-state index is -0.938. The molecule has 0 saturated carbocycles. The van der Waals surface area contributed by atoms with Crippen molar-refractivity contribution in [1.29, 1.82) is 0 Å². The normalized spacial score (nSPS) is 20.4. The first-order valence-electron chi connectivity index (χ1n) is 17.7. The number of hydrogen-bond acceptors (Lipinski definition) is 9. The lowest BCUT2D eigenvalue weighted by Crippen LogP contribution is -2.53. The SMILES string of the molecule is Cc1cc(/C=C/C(=O)N2CC(CN(C)c3nc(OC[C@@]45CCCN4C[C@H](F)C5)nc4c(F)c(-c5cccc6ccc(F)c(Cl)c56)ncc34)C2)nc(C)n1. The van der Waals surface area contributed by atoms with Crippen LogP contribution in [-0.4, -0.2) is 98.7 Å². The average molecular weight is 743 g/mol. The van der Waals surface area contributed by atoms with E-state index in [1.54, 1.807) is 35.2 Å². The third kappa shape index (κ3) is 6.65. The largest absolute Gasteiger partial charge is 0.461 e. The zero-order chi connectivity index (χ0) is 37.0. The Kier molecular flexibility index (Phi) is 9.18. The fraction of sp³-hybridized carbons (Fsp3) is 0.385. The maximum absolute atomic E-state index is 16.8. The first-order valence-corrected chi connectivity index (χ1v) is 18.1. The van der Waals surface area contributed by atoms with Gasteiger partial charge < -0.3 is 14.5 Å². The van der Waals surface area contributed by atoms with Crippen molar-refractivity contribution in [3.8, 4) is 17.3 Å². The molecule has 6 heterocycles. The average Bonchev–Trinajstić information content (AvgIpc) is 3.64. The molecule has 0 spiro atoms. The molecule has 0 unspecified atom stereocenters. The number of nitrogens with zero attached hydrogens (tertiary/aromatic N) is 8. The summed E-state index contributed by atoms with van der Waals surface area (Å²) in [5.74, 6) is -0.312. The number of hydrogen-bond donors (Lipinski definition) is 0. The lowest BCUT2D eigenvalue weighted by Gasteiger charge is -2.40. The van der Waals surface area contributed by atoms with Crippen molar-refractivity contribution in [2.75, 3.05) is 51.3 Å². The van der Waals surface area contributed by atoms with Crippen molar-refractivity contribution >= 4 is 51.1 Å². The molecular weight excluding hydrogens is 705 g/mol. The van der Waals surface area contributed by atoms with Gasteiger partial charge in [-0.05, 0) is 56.8 Å². The van der Waals surface area contributed by atoms with Crippen molar-refractivity contribution in [1.82, 2.24) is 34.7 Å². The number of ether oxygens (including phenoxy) is 1. The minimum Gasteiger partial charge on any atom is -0.461 e. The number of pyridine rings is 1. The fourth-order valence-electron chi connectivity index (χ4n) is 8.15. The van der Waals surface area contributed by atoms with Crippen LogP contribution in [0.1, 0.15) is 36.5 Å². The number of fused-ring (bicyclic) bond motifs is 3. The number of aryl methyl sites for hydroxylation is 2. The van der Waals surface area contributed by atoms with Gasteiger partial charge in [-0.2, -0.15) is 9.97 Å². The number of anilines is 1. The van der Waals surface area contributed by atoms with E-state index in [-0.39, 0.29) is 40.7 Å². The van der Waals surface area contributed by atoms with Gasteiger partial charge in [-0.15, -0.1) is 0 Å². The van der Waals surface area contributed by atoms with Crippen LogP contribution in [-0.2, 0) is 4.79 Å². The molecule has 2 aromatic carbocycles. The van der Waals surface area contributed by atoms with Crippen LogP contribution in [0, 0.1) is 31.4 Å². The molecule has 3 saturated heterocycles. The van der Waals surface area contributed by atoms with Gasteiger partial charge in [0.2, 0.25) is 5.91 Å². The second-order valence-electron chi connectivity index (χ2n) is 14.4. The molecule has 3 aromatic heterocycles. The molecule has 14 heteroatoms. The molecule has 5 aromatic rings. The smallest absolute Gasteiger partial charge is 0.319 e. The maximum Gasteiger partial charge on any atom is 0.319 e. The topological polar surface area (TPSA) is 100 Å². The van der Waals surface area contributed by atoms with Crippen molar-refractivity contribution in [3.05, 3.63) is 82.5 Å². The van der Waals surface area contributed by atoms with Gasteiger partial charge in [0.15, 0.2) is 5.82 Å². The second-order valence-corrected chi connectivity index (χ2v) is 14.8. The Morgan fingerprint density at radius 1 is 1.11 bits per heavy atom. The van der Waals surface area contributed by atoms with E-state index in [2.05, 4.69) is 24.8 Å². The number of aromatic nitrogens is 5. The van der Waals surface area contributed by atoms with E-state index in [9.17, 15) is 13.6 Å². The molecular formula is C39H38ClF3N8O2. The number of halogens is 4. The molecule has 53 heavy (non-hydrogen) atoms. The Balaban J connectivity index is 1.08. The van der Waals surface area contributed by atoms with Crippen LogP contribution in [0.3, 0.4) is 0 Å². The Morgan fingerprint density at radius 2 is 1.94 bits per heavy atom. The Hall–Kier alpha value is -4.88. The summed E-state index contributed by atoms with van der Waals surface area (Å²) in [4.78, 5) is 41.1. The Bertz CT molecular complexity index is 2270. The van der Waals surface area contributed by atoms with Crippen molar-refractivity contribution in [3.63, 3.8) is 0 Å². The predicted molar refractivity (Wildman–Crippen MR) is 198 cm³/mol. The fourth-order valence-corrected chi connectivity index (χ4v) is 8.43. The van der Waals surface area contributed by atoms with Gasteiger partial charge in [0.25, 0.3) is 0 Å². The number of carbonyl (C=O) groups excluding carboxylic acids is 1. The molecule has 1 amide bonds. The van der Waals surface area contributed by atoms with Crippen molar-refractivity contribution in [2.24, 2.45) is 5.92 Å². The standard InChI is InChI=1S/C39H38ClF3N8O2/c1-22-14-27(46-23(2)45-22)9-11-31(52)50-18-24(19-50)17-49(3)37-29-16-44-35(28-7-4-6-25-8-10-30(42)33(40)32(25)28)34(43)36(29)47-38(48-37)53-21-39-12-5-13-51(39)20-26(41)15-39/h4,6-11,14,16,24,26H,5,12-13,15,17-21H2,1-3H3/b11-9+/t26-,39+/m1/s1. The van der Waals surface area contributed by atoms with Crippen molar-refractivity contribution < 1.29 is 22.7 Å². The lowest BCUT2D eigenvalue weighted by molar-refractivity contribution is -0.131. The van der Waals surface area contributed by atoms with Gasteiger partial charge in [-0.3, -0.25) is 14.7 Å². The highest BCUT2D eigenvalue weighted by molar-refractivity contribution is 6.36. The number of rotatable bonds is 9. The molecule has 0 radical (unpaired) electrons. The van der Waals surface area contributed by atoms with Crippen LogP contribution in [0.25, 0.3) is 39.0 Å². The van der Waals surface area contributed by atoms with Gasteiger partial charge in [-0.25, -0.2) is 23.1 Å². The Labute approximate surface area is 309 Å². The van der Waals surface area contributed by atoms with Crippen LogP contribution in [0.2, 0.25) is 5.02 Å². The molecule has 3 aliphatic heterocycles. The summed E-state index contributed by atoms with van der Waals surface area (Å²) < 4.78 is 52.2. The number of likely N-dealkylation sites (tertiary alicyclic amines) is 1. The summed E-state index contributed by atoms with van der Waals surface area (Å²) in [6, 6.07) is 9.79. The van der Waals surface area contributed by atoms with Crippen LogP contribution in [0.15, 0.2) is 48.7 Å². The van der Waals surface area contributed by atoms with Gasteiger partial charge in [0.1, 0.15) is 41.4 Å². The van der Waals surface area contributed by atoms with Crippen LogP contribution < -0.4 is 9.64 Å². The third-order valence-electron chi connectivity index (χ3n) is 10.6. The van der Waals surface area contributed by atoms with Gasteiger partial charge in [-0.1, -0.05) is 35.9 Å². The number of carbonyl (C=O) groups is 1. The minimum absolute atomic E-state index is 0.0207. The lowest BCUT2D eigenvalue weighted by atomic mass is 9.95. The van der Waals surface area contributed by atoms with E-state index in [4.69, 9.17) is 21.3 Å². The third-order valence-corrected chi connectivity index (χ3v) is 11.0. The molecule has 0 N–H and O–H groups in total. The summed E-state index contributed by atoms with van der Waals surface area (Å²) >= 11 is 6.41. The predicted octanol–water partition coefficient (Wildman–Crippen LogP) is 6.75. The number of amides is 1. The summed E-state index contributed by atoms with van der Waals surface area (Å²) in [5.41, 5.74) is 1.30. The second kappa shape index (κ2) is 13.8. The molecule has 274 valence electrons. The maximum atomic E-state index is 16.8. The quantitative estimate of drug-likeness (QED) is 0.152. The molecule has 0 aliphatic carbocycles. The zero-order valence-electron chi connectivity index (χ0n) is 29.6. The molecule has 3 fully saturated rings.